The average Bonchev–Trinajstić information content (AvgIpc) is 2.67. The van der Waals surface area contributed by atoms with E-state index in [1.807, 2.05) is 0 Å². The molecule has 0 aromatic rings. The molecule has 2 amide bonds. The number of nitrogens with one attached hydrogen (secondary N) is 1. The first kappa shape index (κ1) is 14.9. The van der Waals surface area contributed by atoms with Crippen molar-refractivity contribution in [2.24, 2.45) is 0 Å². The van der Waals surface area contributed by atoms with Gasteiger partial charge in [0.1, 0.15) is 5.54 Å². The summed E-state index contributed by atoms with van der Waals surface area (Å²) in [5, 5.41) is 11.9. The molecule has 0 saturated carbocycles. The number of aliphatic carboxylic acids is 1. The molecular formula is C11H20N2O4S. The standard InChI is InChI=1S/C11H20N2O4S/c1-11(9(14)15)5-3-7-13(11)10(16)12-6-4-8-18(2)17/h3-8H2,1-2H3,(H,12,16)(H,14,15). The van der Waals surface area contributed by atoms with E-state index in [0.717, 1.165) is 0 Å². The summed E-state index contributed by atoms with van der Waals surface area (Å²) in [5.41, 5.74) is -1.10. The molecule has 1 heterocycles. The molecule has 1 rings (SSSR count). The maximum atomic E-state index is 11.9. The quantitative estimate of drug-likeness (QED) is 0.712. The molecule has 1 saturated heterocycles. The third-order valence-electron chi connectivity index (χ3n) is 3.23. The number of rotatable bonds is 5. The zero-order chi connectivity index (χ0) is 13.8. The first-order valence-corrected chi connectivity index (χ1v) is 7.69. The van der Waals surface area contributed by atoms with Gasteiger partial charge in [0.25, 0.3) is 0 Å². The van der Waals surface area contributed by atoms with Crippen molar-refractivity contribution in [3.63, 3.8) is 0 Å². The van der Waals surface area contributed by atoms with Crippen LogP contribution in [0.3, 0.4) is 0 Å². The smallest absolute Gasteiger partial charge is 0.329 e. The molecule has 0 aromatic heterocycles. The van der Waals surface area contributed by atoms with Crippen LogP contribution in [0.25, 0.3) is 0 Å². The monoisotopic (exact) mass is 276 g/mol. The van der Waals surface area contributed by atoms with E-state index in [2.05, 4.69) is 5.32 Å². The Labute approximate surface area is 109 Å². The third-order valence-corrected chi connectivity index (χ3v) is 4.10. The Hall–Kier alpha value is -1.11. The van der Waals surface area contributed by atoms with Crippen LogP contribution in [0, 0.1) is 0 Å². The maximum absolute atomic E-state index is 11.9. The van der Waals surface area contributed by atoms with Crippen molar-refractivity contribution in [1.29, 1.82) is 0 Å². The summed E-state index contributed by atoms with van der Waals surface area (Å²) < 4.78 is 10.8. The number of carboxylic acid groups (broad SMARTS) is 1. The minimum atomic E-state index is -1.10. The zero-order valence-electron chi connectivity index (χ0n) is 10.8. The fourth-order valence-corrected chi connectivity index (χ4v) is 2.63. The van der Waals surface area contributed by atoms with Crippen molar-refractivity contribution in [1.82, 2.24) is 10.2 Å². The lowest BCUT2D eigenvalue weighted by atomic mass is 10.00. The molecule has 2 N–H and O–H groups in total. The SMILES string of the molecule is CS(=O)CCCNC(=O)N1CCCC1(C)C(=O)O. The number of carbonyl (C=O) groups is 2. The number of hydrogen-bond acceptors (Lipinski definition) is 3. The van der Waals surface area contributed by atoms with Gasteiger partial charge in [-0.3, -0.25) is 4.21 Å². The van der Waals surface area contributed by atoms with Crippen molar-refractivity contribution in [2.75, 3.05) is 25.1 Å². The van der Waals surface area contributed by atoms with Gasteiger partial charge in [0.05, 0.1) is 0 Å². The zero-order valence-corrected chi connectivity index (χ0v) is 11.6. The van der Waals surface area contributed by atoms with Gasteiger partial charge < -0.3 is 15.3 Å². The van der Waals surface area contributed by atoms with Crippen molar-refractivity contribution >= 4 is 22.8 Å². The van der Waals surface area contributed by atoms with Crippen LogP contribution < -0.4 is 5.32 Å². The molecule has 0 aromatic carbocycles. The topological polar surface area (TPSA) is 86.7 Å². The highest BCUT2D eigenvalue weighted by molar-refractivity contribution is 7.84. The van der Waals surface area contributed by atoms with Crippen LogP contribution in [0.2, 0.25) is 0 Å². The molecule has 2 atom stereocenters. The second-order valence-electron chi connectivity index (χ2n) is 4.70. The first-order valence-electron chi connectivity index (χ1n) is 5.97. The number of nitrogens with zero attached hydrogens (tertiary/aromatic N) is 1. The molecule has 0 spiro atoms. The lowest BCUT2D eigenvalue weighted by Gasteiger charge is -2.31. The molecule has 0 bridgehead atoms. The summed E-state index contributed by atoms with van der Waals surface area (Å²) in [6.07, 6.45) is 3.43. The van der Waals surface area contributed by atoms with Crippen LogP contribution in [-0.2, 0) is 15.6 Å². The van der Waals surface area contributed by atoms with Gasteiger partial charge in [-0.2, -0.15) is 0 Å². The average molecular weight is 276 g/mol. The summed E-state index contributed by atoms with van der Waals surface area (Å²) in [5.74, 6) is -0.430. The summed E-state index contributed by atoms with van der Waals surface area (Å²) in [6, 6.07) is -0.348. The van der Waals surface area contributed by atoms with Crippen LogP contribution in [0.5, 0.6) is 0 Å². The van der Waals surface area contributed by atoms with E-state index < -0.39 is 22.3 Å². The van der Waals surface area contributed by atoms with E-state index in [1.54, 1.807) is 13.2 Å². The van der Waals surface area contributed by atoms with Crippen LogP contribution in [-0.4, -0.2) is 56.9 Å². The first-order chi connectivity index (χ1) is 8.38. The molecule has 1 aliphatic rings. The minimum absolute atomic E-state index is 0.348. The number of hydrogen-bond donors (Lipinski definition) is 2. The fourth-order valence-electron chi connectivity index (χ4n) is 2.08. The van der Waals surface area contributed by atoms with E-state index in [4.69, 9.17) is 0 Å². The lowest BCUT2D eigenvalue weighted by molar-refractivity contribution is -0.147. The second kappa shape index (κ2) is 6.17. The maximum Gasteiger partial charge on any atom is 0.329 e. The van der Waals surface area contributed by atoms with Crippen molar-refractivity contribution < 1.29 is 18.9 Å². The molecule has 104 valence electrons. The van der Waals surface area contributed by atoms with Gasteiger partial charge in [-0.1, -0.05) is 0 Å². The van der Waals surface area contributed by atoms with E-state index >= 15 is 0 Å². The molecule has 7 heteroatoms. The summed E-state index contributed by atoms with van der Waals surface area (Å²) in [6.45, 7) is 2.46. The van der Waals surface area contributed by atoms with Gasteiger partial charge in [-0.25, -0.2) is 9.59 Å². The Morgan fingerprint density at radius 2 is 2.17 bits per heavy atom. The Morgan fingerprint density at radius 1 is 1.50 bits per heavy atom. The van der Waals surface area contributed by atoms with Crippen molar-refractivity contribution in [3.05, 3.63) is 0 Å². The predicted molar refractivity (Wildman–Crippen MR) is 68.9 cm³/mol. The number of amides is 2. The fraction of sp³-hybridized carbons (Fsp3) is 0.818. The van der Waals surface area contributed by atoms with Crippen LogP contribution >= 0.6 is 0 Å². The van der Waals surface area contributed by atoms with Crippen LogP contribution in [0.1, 0.15) is 26.2 Å². The van der Waals surface area contributed by atoms with Gasteiger partial charge in [0, 0.05) is 35.9 Å². The van der Waals surface area contributed by atoms with Crippen LogP contribution in [0.4, 0.5) is 4.79 Å². The van der Waals surface area contributed by atoms with Gasteiger partial charge in [0.2, 0.25) is 0 Å². The summed E-state index contributed by atoms with van der Waals surface area (Å²) >= 11 is 0. The highest BCUT2D eigenvalue weighted by Gasteiger charge is 2.45. The molecule has 1 aliphatic heterocycles. The molecular weight excluding hydrogens is 256 g/mol. The lowest BCUT2D eigenvalue weighted by Crippen LogP contribution is -2.54. The highest BCUT2D eigenvalue weighted by Crippen LogP contribution is 2.28. The normalized spacial score (nSPS) is 24.9. The number of carboxylic acids is 1. The molecule has 18 heavy (non-hydrogen) atoms. The molecule has 0 aliphatic carbocycles. The van der Waals surface area contributed by atoms with Gasteiger partial charge in [-0.05, 0) is 26.2 Å². The Morgan fingerprint density at radius 3 is 2.72 bits per heavy atom. The van der Waals surface area contributed by atoms with Gasteiger partial charge >= 0.3 is 12.0 Å². The van der Waals surface area contributed by atoms with E-state index in [9.17, 15) is 18.9 Å². The summed E-state index contributed by atoms with van der Waals surface area (Å²) in [7, 11) is -0.864. The van der Waals surface area contributed by atoms with Crippen molar-refractivity contribution in [3.8, 4) is 0 Å². The Kier molecular flexibility index (Phi) is 5.13. The Balaban J connectivity index is 2.46. The van der Waals surface area contributed by atoms with Crippen LogP contribution in [0.15, 0.2) is 0 Å². The Bertz CT molecular complexity index is 361. The number of urea groups is 1. The highest BCUT2D eigenvalue weighted by atomic mass is 32.2. The number of likely N-dealkylation sites (tertiary alicyclic amines) is 1. The van der Waals surface area contributed by atoms with Crippen molar-refractivity contribution in [2.45, 2.75) is 31.7 Å². The number of carbonyl (C=O) groups excluding carboxylic acids is 1. The molecule has 0 radical (unpaired) electrons. The third kappa shape index (κ3) is 3.44. The van der Waals surface area contributed by atoms with E-state index in [-0.39, 0.29) is 6.03 Å². The summed E-state index contributed by atoms with van der Waals surface area (Å²) in [4.78, 5) is 24.5. The largest absolute Gasteiger partial charge is 0.480 e. The molecule has 1 fully saturated rings. The van der Waals surface area contributed by atoms with E-state index in [0.29, 0.717) is 38.1 Å². The van der Waals surface area contributed by atoms with Gasteiger partial charge in [0.15, 0.2) is 0 Å². The second-order valence-corrected chi connectivity index (χ2v) is 6.25. The van der Waals surface area contributed by atoms with E-state index in [1.165, 1.54) is 4.90 Å². The predicted octanol–water partition coefficient (Wildman–Crippen LogP) is 0.404. The molecule has 6 nitrogen and oxygen atoms in total. The molecule has 2 unspecified atom stereocenters. The van der Waals surface area contributed by atoms with Gasteiger partial charge in [-0.15, -0.1) is 0 Å². The minimum Gasteiger partial charge on any atom is -0.480 e.